The zero-order chi connectivity index (χ0) is 23.5. The van der Waals surface area contributed by atoms with Crippen LogP contribution in [0.3, 0.4) is 0 Å². The van der Waals surface area contributed by atoms with Gasteiger partial charge in [0.15, 0.2) is 0 Å². The lowest BCUT2D eigenvalue weighted by Gasteiger charge is -2.42. The number of benzene rings is 2. The minimum atomic E-state index is -1.30. The summed E-state index contributed by atoms with van der Waals surface area (Å²) in [4.78, 5) is 4.06. The Hall–Kier alpha value is -1.97. The number of β-amino-alcohol motifs (C(OH)–C–C–N with tert-alkyl or cyclic N) is 2. The van der Waals surface area contributed by atoms with Crippen LogP contribution in [0, 0.1) is 11.6 Å². The number of hydrogen-bond donors (Lipinski definition) is 2. The Morgan fingerprint density at radius 1 is 1.03 bits per heavy atom. The summed E-state index contributed by atoms with van der Waals surface area (Å²) in [6, 6.07) is 10.5. The van der Waals surface area contributed by atoms with E-state index in [1.165, 1.54) is 30.3 Å². The number of nitrogens with zero attached hydrogens (tertiary/aromatic N) is 2. The van der Waals surface area contributed by atoms with Gasteiger partial charge in [-0.1, -0.05) is 17.7 Å². The van der Waals surface area contributed by atoms with Gasteiger partial charge in [0.2, 0.25) is 0 Å². The molecule has 2 fully saturated rings. The van der Waals surface area contributed by atoms with Crippen molar-refractivity contribution >= 4 is 17.3 Å². The molecule has 2 saturated heterocycles. The maximum absolute atomic E-state index is 13.6. The Bertz CT molecular complexity index is 958. The summed E-state index contributed by atoms with van der Waals surface area (Å²) in [6.45, 7) is 2.90. The number of halogens is 3. The first-order chi connectivity index (χ1) is 15.7. The molecule has 0 aliphatic carbocycles. The quantitative estimate of drug-likeness (QED) is 0.659. The van der Waals surface area contributed by atoms with Crippen LogP contribution >= 0.6 is 11.6 Å². The van der Waals surface area contributed by atoms with E-state index < -0.39 is 17.0 Å². The summed E-state index contributed by atoms with van der Waals surface area (Å²) >= 11 is 5.80. The maximum atomic E-state index is 13.6. The molecule has 6 nitrogen and oxygen atoms in total. The van der Waals surface area contributed by atoms with E-state index in [0.717, 1.165) is 5.69 Å². The third-order valence-electron chi connectivity index (χ3n) is 6.22. The molecule has 0 spiro atoms. The molecule has 2 heterocycles. The van der Waals surface area contributed by atoms with Crippen LogP contribution in [0.5, 0.6) is 5.75 Å². The molecule has 0 saturated carbocycles. The second-order valence-corrected chi connectivity index (χ2v) is 9.45. The maximum Gasteiger partial charge on any atom is 0.142 e. The number of anilines is 1. The summed E-state index contributed by atoms with van der Waals surface area (Å²) in [5.41, 5.74) is -1.40. The first-order valence-electron chi connectivity index (χ1n) is 11.1. The van der Waals surface area contributed by atoms with Gasteiger partial charge in [0, 0.05) is 44.5 Å². The molecule has 4 rings (SSSR count). The first kappa shape index (κ1) is 24.2. The van der Waals surface area contributed by atoms with Crippen LogP contribution in [0.4, 0.5) is 14.5 Å². The van der Waals surface area contributed by atoms with Crippen molar-refractivity contribution in [1.82, 2.24) is 4.90 Å². The van der Waals surface area contributed by atoms with E-state index in [2.05, 4.69) is 4.90 Å². The molecule has 2 aliphatic heterocycles. The summed E-state index contributed by atoms with van der Waals surface area (Å²) in [5.74, 6) is -0.459. The molecular formula is C24H29ClF2N2O4. The summed E-state index contributed by atoms with van der Waals surface area (Å²) in [7, 11) is 0. The van der Waals surface area contributed by atoms with Gasteiger partial charge < -0.3 is 24.6 Å². The summed E-state index contributed by atoms with van der Waals surface area (Å²) in [5, 5.41) is 22.3. The van der Waals surface area contributed by atoms with Gasteiger partial charge in [0.05, 0.1) is 23.8 Å². The molecule has 9 heteroatoms. The molecule has 2 aromatic carbocycles. The zero-order valence-electron chi connectivity index (χ0n) is 18.4. The van der Waals surface area contributed by atoms with Gasteiger partial charge >= 0.3 is 0 Å². The van der Waals surface area contributed by atoms with E-state index >= 15 is 0 Å². The van der Waals surface area contributed by atoms with Crippen LogP contribution in [0.2, 0.25) is 5.02 Å². The third kappa shape index (κ3) is 6.33. The van der Waals surface area contributed by atoms with E-state index in [-0.39, 0.29) is 30.6 Å². The highest BCUT2D eigenvalue weighted by Gasteiger charge is 2.39. The van der Waals surface area contributed by atoms with Crippen LogP contribution in [0.25, 0.3) is 0 Å². The molecule has 180 valence electrons. The van der Waals surface area contributed by atoms with Crippen LogP contribution in [-0.2, 0) is 4.74 Å². The molecule has 0 aromatic heterocycles. The van der Waals surface area contributed by atoms with Crippen molar-refractivity contribution in [3.8, 4) is 5.75 Å². The minimum absolute atomic E-state index is 0.0509. The van der Waals surface area contributed by atoms with E-state index in [1.807, 2.05) is 11.0 Å². The Labute approximate surface area is 197 Å². The molecule has 0 radical (unpaired) electrons. The van der Waals surface area contributed by atoms with Crippen LogP contribution in [0.1, 0.15) is 12.8 Å². The van der Waals surface area contributed by atoms with E-state index in [0.29, 0.717) is 51.4 Å². The van der Waals surface area contributed by atoms with Gasteiger partial charge in [-0.25, -0.2) is 8.78 Å². The smallest absolute Gasteiger partial charge is 0.142 e. The standard InChI is InChI=1S/C24H29ClF2N2O4/c25-21-13-20(4-5-22(21)27)33-17-24(31)15-28(10-11-32-16-24)14-23(30)6-8-29(9-7-23)19-3-1-2-18(26)12-19/h1-5,12-13,30-31H,6-11,14-17H2/t24-/m0/s1. The Kier molecular flexibility index (Phi) is 7.40. The number of piperidine rings is 1. The normalized spacial score (nSPS) is 23.8. The lowest BCUT2D eigenvalue weighted by atomic mass is 9.90. The molecule has 1 atom stereocenters. The molecule has 0 amide bonds. The highest BCUT2D eigenvalue weighted by atomic mass is 35.5. The second kappa shape index (κ2) is 10.1. The molecule has 2 aliphatic rings. The van der Waals surface area contributed by atoms with Crippen LogP contribution < -0.4 is 9.64 Å². The van der Waals surface area contributed by atoms with Crippen LogP contribution in [-0.4, -0.2) is 78.9 Å². The fourth-order valence-electron chi connectivity index (χ4n) is 4.43. The van der Waals surface area contributed by atoms with Crippen molar-refractivity contribution in [3.63, 3.8) is 0 Å². The molecule has 2 N–H and O–H groups in total. The van der Waals surface area contributed by atoms with Gasteiger partial charge in [0.25, 0.3) is 0 Å². The largest absolute Gasteiger partial charge is 0.490 e. The molecular weight excluding hydrogens is 454 g/mol. The van der Waals surface area contributed by atoms with E-state index in [4.69, 9.17) is 21.1 Å². The van der Waals surface area contributed by atoms with Gasteiger partial charge in [-0.2, -0.15) is 0 Å². The van der Waals surface area contributed by atoms with E-state index in [9.17, 15) is 19.0 Å². The predicted molar refractivity (Wildman–Crippen MR) is 122 cm³/mol. The molecule has 0 bridgehead atoms. The molecule has 33 heavy (non-hydrogen) atoms. The zero-order valence-corrected chi connectivity index (χ0v) is 19.1. The van der Waals surface area contributed by atoms with Crippen molar-refractivity contribution in [2.75, 3.05) is 57.4 Å². The average Bonchev–Trinajstić information content (AvgIpc) is 2.96. The van der Waals surface area contributed by atoms with E-state index in [1.54, 1.807) is 6.07 Å². The fourth-order valence-corrected chi connectivity index (χ4v) is 4.60. The van der Waals surface area contributed by atoms with Gasteiger partial charge in [-0.3, -0.25) is 4.90 Å². The summed E-state index contributed by atoms with van der Waals surface area (Å²) in [6.07, 6.45) is 1.06. The lowest BCUT2D eigenvalue weighted by Crippen LogP contribution is -2.55. The van der Waals surface area contributed by atoms with Gasteiger partial charge in [-0.05, 0) is 43.2 Å². The fraction of sp³-hybridized carbons (Fsp3) is 0.500. The number of rotatable bonds is 6. The SMILES string of the molecule is OC1(CN2CCOC[C@](O)(COc3ccc(F)c(Cl)c3)C2)CCN(c2cccc(F)c2)CC1. The predicted octanol–water partition coefficient (Wildman–Crippen LogP) is 3.09. The topological polar surface area (TPSA) is 65.4 Å². The Balaban J connectivity index is 1.34. The number of ether oxygens (including phenoxy) is 2. The number of hydrogen-bond acceptors (Lipinski definition) is 6. The first-order valence-corrected chi connectivity index (χ1v) is 11.4. The van der Waals surface area contributed by atoms with Crippen molar-refractivity contribution < 1.29 is 28.5 Å². The lowest BCUT2D eigenvalue weighted by molar-refractivity contribution is -0.0742. The van der Waals surface area contributed by atoms with Crippen molar-refractivity contribution in [1.29, 1.82) is 0 Å². The molecule has 0 unspecified atom stereocenters. The Morgan fingerprint density at radius 2 is 1.82 bits per heavy atom. The summed E-state index contributed by atoms with van der Waals surface area (Å²) < 4.78 is 38.2. The number of aliphatic hydroxyl groups is 2. The second-order valence-electron chi connectivity index (χ2n) is 9.04. The highest BCUT2D eigenvalue weighted by molar-refractivity contribution is 6.30. The average molecular weight is 483 g/mol. The van der Waals surface area contributed by atoms with Crippen molar-refractivity contribution in [3.05, 3.63) is 59.1 Å². The van der Waals surface area contributed by atoms with Gasteiger partial charge in [-0.15, -0.1) is 0 Å². The highest BCUT2D eigenvalue weighted by Crippen LogP contribution is 2.29. The monoisotopic (exact) mass is 482 g/mol. The van der Waals surface area contributed by atoms with Crippen molar-refractivity contribution in [2.45, 2.75) is 24.0 Å². The van der Waals surface area contributed by atoms with Gasteiger partial charge in [0.1, 0.15) is 29.6 Å². The Morgan fingerprint density at radius 3 is 2.55 bits per heavy atom. The van der Waals surface area contributed by atoms with Crippen LogP contribution in [0.15, 0.2) is 42.5 Å². The van der Waals surface area contributed by atoms with Crippen molar-refractivity contribution in [2.24, 2.45) is 0 Å². The third-order valence-corrected chi connectivity index (χ3v) is 6.51. The molecule has 2 aromatic rings. The minimum Gasteiger partial charge on any atom is -0.490 e.